The molecule has 0 N–H and O–H groups in total. The van der Waals surface area contributed by atoms with Crippen LogP contribution in [0.3, 0.4) is 0 Å². The third-order valence-electron chi connectivity index (χ3n) is 4.32. The number of fused-ring (bicyclic) bond motifs is 2. The molecule has 3 nitrogen and oxygen atoms in total. The van der Waals surface area contributed by atoms with E-state index in [0.29, 0.717) is 5.02 Å². The van der Waals surface area contributed by atoms with Crippen LogP contribution in [-0.2, 0) is 0 Å². The van der Waals surface area contributed by atoms with Crippen LogP contribution in [0.15, 0.2) is 47.5 Å². The predicted molar refractivity (Wildman–Crippen MR) is 111 cm³/mol. The van der Waals surface area contributed by atoms with Crippen LogP contribution in [0.5, 0.6) is 11.5 Å². The summed E-state index contributed by atoms with van der Waals surface area (Å²) in [7, 11) is -0.867. The van der Waals surface area contributed by atoms with E-state index >= 15 is 0 Å². The second-order valence-corrected chi connectivity index (χ2v) is 11.7. The quantitative estimate of drug-likeness (QED) is 0.519. The van der Waals surface area contributed by atoms with Gasteiger partial charge in [0.25, 0.3) is 0 Å². The molecule has 2 aromatic rings. The zero-order valence-corrected chi connectivity index (χ0v) is 16.9. The van der Waals surface area contributed by atoms with E-state index in [1.54, 1.807) is 0 Å². The van der Waals surface area contributed by atoms with Crippen LogP contribution in [0.1, 0.15) is 19.4 Å². The standard InChI is InChI=1S/C18H19ClN2OP.C2H6/c1-23(2)10-9-21(12-23)18-14-11-13(19)7-8-16(14)22-17-6-4-3-5-15(17)20-18;1-2/h3-8,11H,9-10,12H2,1-2H3;1-2H3/q+1;. The summed E-state index contributed by atoms with van der Waals surface area (Å²) in [6, 6.07) is 13.7. The van der Waals surface area contributed by atoms with Crippen molar-refractivity contribution < 1.29 is 4.74 Å². The predicted octanol–water partition coefficient (Wildman–Crippen LogP) is 6.10. The molecule has 132 valence electrons. The highest BCUT2D eigenvalue weighted by molar-refractivity contribution is 7.74. The Balaban J connectivity index is 0.000000880. The summed E-state index contributed by atoms with van der Waals surface area (Å²) in [6.07, 6.45) is 2.37. The first-order chi connectivity index (χ1) is 12.0. The van der Waals surface area contributed by atoms with Gasteiger partial charge in [0.2, 0.25) is 0 Å². The third kappa shape index (κ3) is 3.83. The molecule has 0 radical (unpaired) electrons. The summed E-state index contributed by atoms with van der Waals surface area (Å²) in [4.78, 5) is 7.34. The number of rotatable bonds is 0. The average molecular weight is 376 g/mol. The molecule has 2 aliphatic rings. The lowest BCUT2D eigenvalue weighted by Crippen LogP contribution is -2.29. The number of benzene rings is 2. The monoisotopic (exact) mass is 375 g/mol. The lowest BCUT2D eigenvalue weighted by molar-refractivity contribution is 0.482. The Morgan fingerprint density at radius 2 is 1.84 bits per heavy atom. The number of amidine groups is 1. The molecule has 0 spiro atoms. The summed E-state index contributed by atoms with van der Waals surface area (Å²) >= 11 is 6.25. The molecule has 0 aliphatic carbocycles. The van der Waals surface area contributed by atoms with Crippen molar-refractivity contribution in [3.8, 4) is 11.5 Å². The maximum atomic E-state index is 6.25. The van der Waals surface area contributed by atoms with Gasteiger partial charge in [-0.15, -0.1) is 0 Å². The zero-order chi connectivity index (χ0) is 18.0. The molecule has 2 aliphatic heterocycles. The highest BCUT2D eigenvalue weighted by Crippen LogP contribution is 2.55. The van der Waals surface area contributed by atoms with Gasteiger partial charge in [-0.2, -0.15) is 0 Å². The molecule has 0 unspecified atom stereocenters. The number of aliphatic imine (C=N–C) groups is 1. The fourth-order valence-electron chi connectivity index (χ4n) is 3.10. The Morgan fingerprint density at radius 1 is 1.08 bits per heavy atom. The van der Waals surface area contributed by atoms with Gasteiger partial charge in [0.15, 0.2) is 5.75 Å². The maximum Gasteiger partial charge on any atom is 0.153 e. The minimum atomic E-state index is -0.867. The van der Waals surface area contributed by atoms with Crippen LogP contribution in [0.25, 0.3) is 0 Å². The second-order valence-electron chi connectivity index (χ2n) is 6.71. The zero-order valence-electron chi connectivity index (χ0n) is 15.3. The lowest BCUT2D eigenvalue weighted by Gasteiger charge is -2.20. The molecule has 1 saturated heterocycles. The first-order valence-electron chi connectivity index (χ1n) is 8.74. The smallest absolute Gasteiger partial charge is 0.153 e. The Kier molecular flexibility index (Phi) is 5.36. The van der Waals surface area contributed by atoms with Crippen molar-refractivity contribution in [3.63, 3.8) is 0 Å². The van der Waals surface area contributed by atoms with Crippen LogP contribution in [0.2, 0.25) is 5.02 Å². The normalized spacial score (nSPS) is 17.3. The van der Waals surface area contributed by atoms with Crippen molar-refractivity contribution in [1.29, 1.82) is 0 Å². The first kappa shape index (κ1) is 18.2. The van der Waals surface area contributed by atoms with Crippen LogP contribution in [0, 0.1) is 0 Å². The molecule has 25 heavy (non-hydrogen) atoms. The van der Waals surface area contributed by atoms with Gasteiger partial charge in [0.05, 0.1) is 31.6 Å². The second kappa shape index (κ2) is 7.35. The van der Waals surface area contributed by atoms with Crippen LogP contribution in [-0.4, -0.2) is 43.1 Å². The van der Waals surface area contributed by atoms with Crippen molar-refractivity contribution in [2.75, 3.05) is 32.3 Å². The van der Waals surface area contributed by atoms with Crippen molar-refractivity contribution in [2.24, 2.45) is 4.99 Å². The van der Waals surface area contributed by atoms with E-state index in [2.05, 4.69) is 18.2 Å². The van der Waals surface area contributed by atoms with E-state index in [1.165, 1.54) is 6.16 Å². The summed E-state index contributed by atoms with van der Waals surface area (Å²) in [5.74, 6) is 2.60. The molecule has 0 atom stereocenters. The van der Waals surface area contributed by atoms with E-state index in [9.17, 15) is 0 Å². The summed E-state index contributed by atoms with van der Waals surface area (Å²) in [5.41, 5.74) is 1.86. The SMILES string of the molecule is CC.C[P+]1(C)CCN(C2=Nc3ccccc3Oc3ccc(Cl)cc32)C1. The van der Waals surface area contributed by atoms with Gasteiger partial charge in [-0.05, 0) is 30.3 Å². The highest BCUT2D eigenvalue weighted by Gasteiger charge is 2.38. The molecular weight excluding hydrogens is 351 g/mol. The number of hydrogen-bond donors (Lipinski definition) is 0. The van der Waals surface area contributed by atoms with Gasteiger partial charge in [0, 0.05) is 12.3 Å². The van der Waals surface area contributed by atoms with Crippen LogP contribution >= 0.6 is 18.9 Å². The summed E-state index contributed by atoms with van der Waals surface area (Å²) in [5, 5.41) is 0.708. The molecule has 1 fully saturated rings. The fourth-order valence-corrected chi connectivity index (χ4v) is 5.40. The first-order valence-corrected chi connectivity index (χ1v) is 12.2. The molecule has 0 aromatic heterocycles. The molecule has 2 aromatic carbocycles. The van der Waals surface area contributed by atoms with Gasteiger partial charge in [-0.25, -0.2) is 4.99 Å². The minimum Gasteiger partial charge on any atom is -0.454 e. The molecule has 0 saturated carbocycles. The van der Waals surface area contributed by atoms with Gasteiger partial charge in [-0.1, -0.05) is 37.6 Å². The molecular formula is C20H25ClN2OP+. The number of para-hydroxylation sites is 2. The van der Waals surface area contributed by atoms with Crippen LogP contribution < -0.4 is 4.74 Å². The summed E-state index contributed by atoms with van der Waals surface area (Å²) < 4.78 is 6.11. The van der Waals surface area contributed by atoms with E-state index in [-0.39, 0.29) is 0 Å². The van der Waals surface area contributed by atoms with Gasteiger partial charge >= 0.3 is 0 Å². The average Bonchev–Trinajstić information content (AvgIpc) is 2.88. The molecule has 0 bridgehead atoms. The van der Waals surface area contributed by atoms with Gasteiger partial charge in [-0.3, -0.25) is 0 Å². The Hall–Kier alpha value is -1.57. The third-order valence-corrected chi connectivity index (χ3v) is 7.08. The van der Waals surface area contributed by atoms with Crippen molar-refractivity contribution in [2.45, 2.75) is 13.8 Å². The largest absolute Gasteiger partial charge is 0.454 e. The molecule has 5 heteroatoms. The van der Waals surface area contributed by atoms with Crippen molar-refractivity contribution >= 4 is 30.4 Å². The Bertz CT molecular complexity index is 804. The lowest BCUT2D eigenvalue weighted by atomic mass is 10.1. The number of ether oxygens (including phenoxy) is 1. The number of hydrogen-bond acceptors (Lipinski definition) is 3. The topological polar surface area (TPSA) is 24.8 Å². The van der Waals surface area contributed by atoms with Crippen molar-refractivity contribution in [1.82, 2.24) is 4.90 Å². The molecule has 2 heterocycles. The van der Waals surface area contributed by atoms with E-state index in [0.717, 1.165) is 41.4 Å². The number of nitrogens with zero attached hydrogens (tertiary/aromatic N) is 2. The Labute approximate surface area is 156 Å². The summed E-state index contributed by atoms with van der Waals surface area (Å²) in [6.45, 7) is 9.87. The number of halogens is 1. The van der Waals surface area contributed by atoms with E-state index < -0.39 is 7.26 Å². The van der Waals surface area contributed by atoms with E-state index in [1.807, 2.05) is 56.3 Å². The highest BCUT2D eigenvalue weighted by atomic mass is 35.5. The minimum absolute atomic E-state index is 0.708. The van der Waals surface area contributed by atoms with E-state index in [4.69, 9.17) is 21.3 Å². The Morgan fingerprint density at radius 3 is 2.56 bits per heavy atom. The van der Waals surface area contributed by atoms with Crippen molar-refractivity contribution in [3.05, 3.63) is 53.1 Å². The van der Waals surface area contributed by atoms with Gasteiger partial charge in [0.1, 0.15) is 23.6 Å². The molecule has 4 rings (SSSR count). The van der Waals surface area contributed by atoms with Crippen LogP contribution in [0.4, 0.5) is 5.69 Å². The fraction of sp³-hybridized carbons (Fsp3) is 0.350. The maximum absolute atomic E-state index is 6.25. The van der Waals surface area contributed by atoms with Gasteiger partial charge < -0.3 is 9.64 Å². The molecule has 0 amide bonds.